The number of carbonyl (C=O) groups is 2. The van der Waals surface area contributed by atoms with Crippen molar-refractivity contribution in [3.8, 4) is 0 Å². The zero-order chi connectivity index (χ0) is 13.0. The summed E-state index contributed by atoms with van der Waals surface area (Å²) in [4.78, 5) is 22.9. The van der Waals surface area contributed by atoms with Crippen molar-refractivity contribution in [3.05, 3.63) is 35.9 Å². The third-order valence-electron chi connectivity index (χ3n) is 3.37. The number of aliphatic carboxylic acids is 1. The zero-order valence-electron chi connectivity index (χ0n) is 10.1. The Morgan fingerprint density at radius 1 is 1.28 bits per heavy atom. The van der Waals surface area contributed by atoms with E-state index in [1.54, 1.807) is 0 Å². The van der Waals surface area contributed by atoms with Gasteiger partial charge in [0.05, 0.1) is 0 Å². The molecule has 2 rings (SSSR count). The number of carboxylic acid groups (broad SMARTS) is 1. The molecule has 0 saturated heterocycles. The maximum absolute atomic E-state index is 11.8. The number of hydrogen-bond acceptors (Lipinski definition) is 2. The van der Waals surface area contributed by atoms with E-state index in [0.29, 0.717) is 6.42 Å². The molecule has 18 heavy (non-hydrogen) atoms. The highest BCUT2D eigenvalue weighted by atomic mass is 16.4. The van der Waals surface area contributed by atoms with Gasteiger partial charge in [-0.15, -0.1) is 0 Å². The largest absolute Gasteiger partial charge is 0.480 e. The standard InChI is InChI=1S/C14H17NO3/c16-13(11-7-4-8-11)15-12(14(17)18)9-10-5-2-1-3-6-10/h1-3,5-6,11-12H,4,7-9H2,(H,15,16)(H,17,18)/t12-/m1/s1. The Balaban J connectivity index is 1.95. The Bertz CT molecular complexity index is 426. The lowest BCUT2D eigenvalue weighted by atomic mass is 9.84. The summed E-state index contributed by atoms with van der Waals surface area (Å²) in [6.45, 7) is 0. The molecule has 0 bridgehead atoms. The third kappa shape index (κ3) is 3.09. The van der Waals surface area contributed by atoms with Crippen LogP contribution in [0.3, 0.4) is 0 Å². The Kier molecular flexibility index (Phi) is 3.97. The number of nitrogens with one attached hydrogen (secondary N) is 1. The lowest BCUT2D eigenvalue weighted by Crippen LogP contribution is -2.46. The zero-order valence-corrected chi connectivity index (χ0v) is 10.1. The molecule has 1 aliphatic rings. The molecule has 4 heteroatoms. The predicted octanol–water partition coefficient (Wildman–Crippen LogP) is 1.60. The Morgan fingerprint density at radius 3 is 2.44 bits per heavy atom. The molecule has 4 nitrogen and oxygen atoms in total. The normalized spacial score (nSPS) is 16.7. The highest BCUT2D eigenvalue weighted by Crippen LogP contribution is 2.26. The van der Waals surface area contributed by atoms with Gasteiger partial charge in [0.2, 0.25) is 5.91 Å². The summed E-state index contributed by atoms with van der Waals surface area (Å²) >= 11 is 0. The van der Waals surface area contributed by atoms with Crippen LogP contribution in [0.1, 0.15) is 24.8 Å². The van der Waals surface area contributed by atoms with E-state index in [-0.39, 0.29) is 11.8 Å². The van der Waals surface area contributed by atoms with Gasteiger partial charge in [-0.2, -0.15) is 0 Å². The predicted molar refractivity (Wildman–Crippen MR) is 67.1 cm³/mol. The molecule has 1 atom stereocenters. The number of hydrogen-bond donors (Lipinski definition) is 2. The summed E-state index contributed by atoms with van der Waals surface area (Å²) in [5, 5.41) is 11.8. The first-order valence-electron chi connectivity index (χ1n) is 6.24. The number of carbonyl (C=O) groups excluding carboxylic acids is 1. The van der Waals surface area contributed by atoms with E-state index < -0.39 is 12.0 Å². The van der Waals surface area contributed by atoms with Crippen molar-refractivity contribution in [2.24, 2.45) is 5.92 Å². The second-order valence-corrected chi connectivity index (χ2v) is 4.72. The van der Waals surface area contributed by atoms with Gasteiger partial charge in [-0.25, -0.2) is 4.79 Å². The van der Waals surface area contributed by atoms with Gasteiger partial charge in [0.15, 0.2) is 0 Å². The van der Waals surface area contributed by atoms with Crippen molar-refractivity contribution >= 4 is 11.9 Å². The summed E-state index contributed by atoms with van der Waals surface area (Å²) in [5.41, 5.74) is 0.916. The first-order chi connectivity index (χ1) is 8.66. The van der Waals surface area contributed by atoms with E-state index in [4.69, 9.17) is 5.11 Å². The van der Waals surface area contributed by atoms with Crippen LogP contribution in [0, 0.1) is 5.92 Å². The lowest BCUT2D eigenvalue weighted by Gasteiger charge is -2.26. The average molecular weight is 247 g/mol. The molecule has 0 spiro atoms. The van der Waals surface area contributed by atoms with Crippen molar-refractivity contribution in [1.29, 1.82) is 0 Å². The second-order valence-electron chi connectivity index (χ2n) is 4.72. The molecule has 0 radical (unpaired) electrons. The van der Waals surface area contributed by atoms with Crippen molar-refractivity contribution in [2.45, 2.75) is 31.7 Å². The van der Waals surface area contributed by atoms with Gasteiger partial charge >= 0.3 is 5.97 Å². The Labute approximate surface area is 106 Å². The molecule has 0 aliphatic heterocycles. The molecule has 0 unspecified atom stereocenters. The minimum Gasteiger partial charge on any atom is -0.480 e. The highest BCUT2D eigenvalue weighted by Gasteiger charge is 2.29. The Morgan fingerprint density at radius 2 is 1.94 bits per heavy atom. The van der Waals surface area contributed by atoms with Gasteiger partial charge in [0, 0.05) is 12.3 Å². The molecule has 1 aliphatic carbocycles. The Hall–Kier alpha value is -1.84. The molecule has 0 heterocycles. The van der Waals surface area contributed by atoms with Crippen LogP contribution in [-0.4, -0.2) is 23.0 Å². The fourth-order valence-corrected chi connectivity index (χ4v) is 2.01. The number of benzene rings is 1. The molecule has 1 aromatic rings. The highest BCUT2D eigenvalue weighted by molar-refractivity contribution is 5.85. The molecule has 1 saturated carbocycles. The lowest BCUT2D eigenvalue weighted by molar-refractivity contribution is -0.143. The van der Waals surface area contributed by atoms with Crippen LogP contribution in [-0.2, 0) is 16.0 Å². The van der Waals surface area contributed by atoms with Gasteiger partial charge in [-0.3, -0.25) is 4.79 Å². The minimum absolute atomic E-state index is 0.0163. The fourth-order valence-electron chi connectivity index (χ4n) is 2.01. The first-order valence-corrected chi connectivity index (χ1v) is 6.24. The molecule has 96 valence electrons. The van der Waals surface area contributed by atoms with Crippen LogP contribution in [0.4, 0.5) is 0 Å². The van der Waals surface area contributed by atoms with Crippen LogP contribution in [0.5, 0.6) is 0 Å². The molecular formula is C14H17NO3. The summed E-state index contributed by atoms with van der Waals surface area (Å²) in [6.07, 6.45) is 3.15. The van der Waals surface area contributed by atoms with Crippen LogP contribution in [0.2, 0.25) is 0 Å². The van der Waals surface area contributed by atoms with Crippen LogP contribution >= 0.6 is 0 Å². The summed E-state index contributed by atoms with van der Waals surface area (Å²) < 4.78 is 0. The third-order valence-corrected chi connectivity index (χ3v) is 3.37. The van der Waals surface area contributed by atoms with Gasteiger partial charge in [0.1, 0.15) is 6.04 Å². The molecule has 1 fully saturated rings. The molecule has 1 aromatic carbocycles. The smallest absolute Gasteiger partial charge is 0.326 e. The van der Waals surface area contributed by atoms with Crippen LogP contribution < -0.4 is 5.32 Å². The topological polar surface area (TPSA) is 66.4 Å². The van der Waals surface area contributed by atoms with E-state index in [9.17, 15) is 9.59 Å². The van der Waals surface area contributed by atoms with E-state index in [1.165, 1.54) is 0 Å². The van der Waals surface area contributed by atoms with Crippen molar-refractivity contribution < 1.29 is 14.7 Å². The summed E-state index contributed by atoms with van der Waals surface area (Å²) in [7, 11) is 0. The first kappa shape index (κ1) is 12.6. The maximum Gasteiger partial charge on any atom is 0.326 e. The summed E-state index contributed by atoms with van der Waals surface area (Å²) in [5.74, 6) is -1.08. The van der Waals surface area contributed by atoms with Crippen LogP contribution in [0.25, 0.3) is 0 Å². The van der Waals surface area contributed by atoms with Gasteiger partial charge in [0.25, 0.3) is 0 Å². The van der Waals surface area contributed by atoms with Crippen molar-refractivity contribution in [1.82, 2.24) is 5.32 Å². The van der Waals surface area contributed by atoms with E-state index >= 15 is 0 Å². The van der Waals surface area contributed by atoms with E-state index in [1.807, 2.05) is 30.3 Å². The van der Waals surface area contributed by atoms with Gasteiger partial charge in [-0.1, -0.05) is 36.8 Å². The minimum atomic E-state index is -0.980. The molecule has 0 aromatic heterocycles. The summed E-state index contributed by atoms with van der Waals surface area (Å²) in [6, 6.07) is 8.51. The van der Waals surface area contributed by atoms with Crippen LogP contribution in [0.15, 0.2) is 30.3 Å². The van der Waals surface area contributed by atoms with E-state index in [0.717, 1.165) is 24.8 Å². The number of amides is 1. The molecular weight excluding hydrogens is 230 g/mol. The number of carboxylic acids is 1. The van der Waals surface area contributed by atoms with Gasteiger partial charge < -0.3 is 10.4 Å². The SMILES string of the molecule is O=C(N[C@H](Cc1ccccc1)C(=O)O)C1CCC1. The second kappa shape index (κ2) is 5.67. The number of rotatable bonds is 5. The van der Waals surface area contributed by atoms with Crippen molar-refractivity contribution in [2.75, 3.05) is 0 Å². The van der Waals surface area contributed by atoms with Crippen molar-refractivity contribution in [3.63, 3.8) is 0 Å². The maximum atomic E-state index is 11.8. The molecule has 2 N–H and O–H groups in total. The monoisotopic (exact) mass is 247 g/mol. The fraction of sp³-hybridized carbons (Fsp3) is 0.429. The average Bonchev–Trinajstić information content (AvgIpc) is 2.27. The molecule has 1 amide bonds. The van der Waals surface area contributed by atoms with E-state index in [2.05, 4.69) is 5.32 Å². The quantitative estimate of drug-likeness (QED) is 0.830. The van der Waals surface area contributed by atoms with Gasteiger partial charge in [-0.05, 0) is 18.4 Å².